The summed E-state index contributed by atoms with van der Waals surface area (Å²) in [5.41, 5.74) is 5.56. The number of halogens is 1. The quantitative estimate of drug-likeness (QED) is 0.798. The van der Waals surface area contributed by atoms with Crippen LogP contribution >= 0.6 is 15.9 Å². The van der Waals surface area contributed by atoms with Crippen LogP contribution in [0.5, 0.6) is 0 Å². The van der Waals surface area contributed by atoms with Crippen molar-refractivity contribution < 1.29 is 4.74 Å². The van der Waals surface area contributed by atoms with E-state index in [1.54, 1.807) is 13.2 Å². The summed E-state index contributed by atoms with van der Waals surface area (Å²) in [6, 6.07) is 1.79. The van der Waals surface area contributed by atoms with Crippen LogP contribution in [0.25, 0.3) is 0 Å². The minimum Gasteiger partial charge on any atom is -0.383 e. The summed E-state index contributed by atoms with van der Waals surface area (Å²) in [5, 5.41) is 3.07. The average molecular weight is 261 g/mol. The minimum atomic E-state index is 0.147. The first-order chi connectivity index (χ1) is 6.61. The van der Waals surface area contributed by atoms with Gasteiger partial charge in [-0.25, -0.2) is 4.98 Å². The molecule has 14 heavy (non-hydrogen) atoms. The third kappa shape index (κ3) is 3.47. The van der Waals surface area contributed by atoms with E-state index < -0.39 is 0 Å². The monoisotopic (exact) mass is 260 g/mol. The molecular formula is C8H13BrN4O. The number of anilines is 2. The van der Waals surface area contributed by atoms with Crippen LogP contribution in [0.3, 0.4) is 0 Å². The average Bonchev–Trinajstić information content (AvgIpc) is 2.01. The zero-order chi connectivity index (χ0) is 10.6. The van der Waals surface area contributed by atoms with Gasteiger partial charge in [-0.15, -0.1) is 0 Å². The van der Waals surface area contributed by atoms with Crippen LogP contribution in [0.4, 0.5) is 11.8 Å². The maximum atomic E-state index is 5.56. The van der Waals surface area contributed by atoms with Crippen LogP contribution in [0.1, 0.15) is 6.92 Å². The predicted molar refractivity (Wildman–Crippen MR) is 59.1 cm³/mol. The minimum absolute atomic E-state index is 0.147. The Balaban J connectivity index is 2.66. The van der Waals surface area contributed by atoms with E-state index in [-0.39, 0.29) is 6.04 Å². The molecule has 1 rings (SSSR count). The Labute approximate surface area is 91.2 Å². The molecule has 78 valence electrons. The van der Waals surface area contributed by atoms with Gasteiger partial charge in [0.25, 0.3) is 0 Å². The number of nitrogens with zero attached hydrogens (tertiary/aromatic N) is 2. The van der Waals surface area contributed by atoms with E-state index in [0.29, 0.717) is 23.0 Å². The molecule has 0 saturated carbocycles. The lowest BCUT2D eigenvalue weighted by atomic mass is 10.4. The Morgan fingerprint density at radius 1 is 1.64 bits per heavy atom. The van der Waals surface area contributed by atoms with Crippen LogP contribution in [0, 0.1) is 0 Å². The van der Waals surface area contributed by atoms with Crippen molar-refractivity contribution in [3.63, 3.8) is 0 Å². The summed E-state index contributed by atoms with van der Waals surface area (Å²) in [5.74, 6) is 0.931. The van der Waals surface area contributed by atoms with E-state index in [0.717, 1.165) is 0 Å². The second kappa shape index (κ2) is 5.11. The van der Waals surface area contributed by atoms with E-state index in [2.05, 4.69) is 31.2 Å². The van der Waals surface area contributed by atoms with Gasteiger partial charge < -0.3 is 15.8 Å². The third-order valence-electron chi connectivity index (χ3n) is 1.51. The molecule has 1 atom stereocenters. The second-order valence-electron chi connectivity index (χ2n) is 2.94. The fraction of sp³-hybridized carbons (Fsp3) is 0.500. The van der Waals surface area contributed by atoms with E-state index in [9.17, 15) is 0 Å². The van der Waals surface area contributed by atoms with Gasteiger partial charge in [-0.05, 0) is 22.9 Å². The molecule has 1 unspecified atom stereocenters. The molecule has 0 aliphatic heterocycles. The molecule has 0 fully saturated rings. The highest BCUT2D eigenvalue weighted by Gasteiger charge is 2.04. The van der Waals surface area contributed by atoms with E-state index in [4.69, 9.17) is 10.5 Å². The van der Waals surface area contributed by atoms with Crippen molar-refractivity contribution in [3.8, 4) is 0 Å². The molecule has 6 heteroatoms. The first kappa shape index (κ1) is 11.2. The number of methoxy groups -OCH3 is 1. The first-order valence-corrected chi connectivity index (χ1v) is 4.96. The highest BCUT2D eigenvalue weighted by Crippen LogP contribution is 2.12. The number of nitrogens with two attached hydrogens (primary N) is 1. The SMILES string of the molecule is COCC(C)Nc1nc(N)cc(Br)n1. The summed E-state index contributed by atoms with van der Waals surface area (Å²) < 4.78 is 5.64. The Morgan fingerprint density at radius 3 is 2.93 bits per heavy atom. The van der Waals surface area contributed by atoms with Crippen molar-refractivity contribution in [2.45, 2.75) is 13.0 Å². The summed E-state index contributed by atoms with van der Waals surface area (Å²) in [7, 11) is 1.65. The zero-order valence-corrected chi connectivity index (χ0v) is 9.71. The lowest BCUT2D eigenvalue weighted by molar-refractivity contribution is 0.190. The molecule has 0 aliphatic carbocycles. The molecular weight excluding hydrogens is 248 g/mol. The first-order valence-electron chi connectivity index (χ1n) is 4.17. The standard InChI is InChI=1S/C8H13BrN4O/c1-5(4-14-2)11-8-12-6(9)3-7(10)13-8/h3,5H,4H2,1-2H3,(H3,10,11,12,13). The molecule has 1 aromatic rings. The molecule has 0 aromatic carbocycles. The van der Waals surface area contributed by atoms with Gasteiger partial charge in [-0.1, -0.05) is 0 Å². The summed E-state index contributed by atoms with van der Waals surface area (Å²) in [6.07, 6.45) is 0. The van der Waals surface area contributed by atoms with Crippen LogP contribution in [0.15, 0.2) is 10.7 Å². The van der Waals surface area contributed by atoms with Gasteiger partial charge in [-0.2, -0.15) is 4.98 Å². The lowest BCUT2D eigenvalue weighted by Gasteiger charge is -2.12. The maximum Gasteiger partial charge on any atom is 0.225 e. The molecule has 0 radical (unpaired) electrons. The molecule has 0 spiro atoms. The Hall–Kier alpha value is -0.880. The highest BCUT2D eigenvalue weighted by atomic mass is 79.9. The van der Waals surface area contributed by atoms with Crippen molar-refractivity contribution in [3.05, 3.63) is 10.7 Å². The van der Waals surface area contributed by atoms with Crippen molar-refractivity contribution in [1.29, 1.82) is 0 Å². The predicted octanol–water partition coefficient (Wildman–Crippen LogP) is 1.27. The van der Waals surface area contributed by atoms with Crippen molar-refractivity contribution in [2.75, 3.05) is 24.8 Å². The number of nitrogens with one attached hydrogen (secondary N) is 1. The molecule has 0 bridgehead atoms. The van der Waals surface area contributed by atoms with Gasteiger partial charge in [0.2, 0.25) is 5.95 Å². The van der Waals surface area contributed by atoms with Crippen molar-refractivity contribution in [2.24, 2.45) is 0 Å². The van der Waals surface area contributed by atoms with Crippen molar-refractivity contribution >= 4 is 27.7 Å². The smallest absolute Gasteiger partial charge is 0.225 e. The normalized spacial score (nSPS) is 12.5. The van der Waals surface area contributed by atoms with E-state index in [1.165, 1.54) is 0 Å². The Bertz CT molecular complexity index is 287. The number of rotatable bonds is 4. The van der Waals surface area contributed by atoms with E-state index >= 15 is 0 Å². The fourth-order valence-electron chi connectivity index (χ4n) is 1.01. The van der Waals surface area contributed by atoms with Crippen LogP contribution in [-0.2, 0) is 4.74 Å². The molecule has 0 aliphatic rings. The van der Waals surface area contributed by atoms with Crippen LogP contribution in [0.2, 0.25) is 0 Å². The summed E-state index contributed by atoms with van der Waals surface area (Å²) in [6.45, 7) is 2.57. The Kier molecular flexibility index (Phi) is 4.09. The van der Waals surface area contributed by atoms with Crippen LogP contribution < -0.4 is 11.1 Å². The fourth-order valence-corrected chi connectivity index (χ4v) is 1.41. The number of aromatic nitrogens is 2. The topological polar surface area (TPSA) is 73.1 Å². The van der Waals surface area contributed by atoms with Crippen molar-refractivity contribution in [1.82, 2.24) is 9.97 Å². The molecule has 3 N–H and O–H groups in total. The van der Waals surface area contributed by atoms with E-state index in [1.807, 2.05) is 6.92 Å². The van der Waals surface area contributed by atoms with Gasteiger partial charge in [0.05, 0.1) is 6.61 Å². The van der Waals surface area contributed by atoms with Gasteiger partial charge in [0.1, 0.15) is 10.4 Å². The highest BCUT2D eigenvalue weighted by molar-refractivity contribution is 9.10. The van der Waals surface area contributed by atoms with Crippen LogP contribution in [-0.4, -0.2) is 29.7 Å². The molecule has 5 nitrogen and oxygen atoms in total. The third-order valence-corrected chi connectivity index (χ3v) is 1.91. The lowest BCUT2D eigenvalue weighted by Crippen LogP contribution is -2.22. The maximum absolute atomic E-state index is 5.56. The molecule has 0 saturated heterocycles. The molecule has 0 amide bonds. The largest absolute Gasteiger partial charge is 0.383 e. The van der Waals surface area contributed by atoms with Gasteiger partial charge in [-0.3, -0.25) is 0 Å². The number of hydrogen-bond acceptors (Lipinski definition) is 5. The molecule has 1 aromatic heterocycles. The number of hydrogen-bond donors (Lipinski definition) is 2. The Morgan fingerprint density at radius 2 is 2.36 bits per heavy atom. The van der Waals surface area contributed by atoms with Gasteiger partial charge in [0, 0.05) is 19.2 Å². The van der Waals surface area contributed by atoms with Gasteiger partial charge >= 0.3 is 0 Å². The number of ether oxygens (including phenoxy) is 1. The van der Waals surface area contributed by atoms with Gasteiger partial charge in [0.15, 0.2) is 0 Å². The number of nitrogen functional groups attached to an aromatic ring is 1. The summed E-state index contributed by atoms with van der Waals surface area (Å²) in [4.78, 5) is 8.14. The molecule has 1 heterocycles. The summed E-state index contributed by atoms with van der Waals surface area (Å²) >= 11 is 3.24. The zero-order valence-electron chi connectivity index (χ0n) is 8.12. The second-order valence-corrected chi connectivity index (χ2v) is 3.75.